The fourth-order valence-corrected chi connectivity index (χ4v) is 2.72. The van der Waals surface area contributed by atoms with Crippen LogP contribution in [0, 0.1) is 6.92 Å². The van der Waals surface area contributed by atoms with Crippen molar-refractivity contribution in [3.63, 3.8) is 0 Å². The second-order valence-electron chi connectivity index (χ2n) is 4.19. The van der Waals surface area contributed by atoms with Crippen molar-refractivity contribution in [1.29, 1.82) is 0 Å². The van der Waals surface area contributed by atoms with Crippen LogP contribution in [0.4, 0.5) is 5.82 Å². The van der Waals surface area contributed by atoms with E-state index in [4.69, 9.17) is 9.84 Å². The number of aromatic carboxylic acids is 1. The molecule has 1 atom stereocenters. The Balaban J connectivity index is 2.41. The Hall–Kier alpha value is -1.73. The Bertz CT molecular complexity index is 612. The van der Waals surface area contributed by atoms with Crippen molar-refractivity contribution in [2.24, 2.45) is 0 Å². The number of nitrogens with zero attached hydrogens (tertiary/aromatic N) is 2. The summed E-state index contributed by atoms with van der Waals surface area (Å²) in [6.07, 6.45) is 1.48. The molecular formula is C12H15N3O3S. The summed E-state index contributed by atoms with van der Waals surface area (Å²) in [5.74, 6) is -0.285. The number of hydrogen-bond acceptors (Lipinski definition) is 6. The van der Waals surface area contributed by atoms with Crippen LogP contribution in [0.2, 0.25) is 0 Å². The van der Waals surface area contributed by atoms with Crippen molar-refractivity contribution < 1.29 is 14.6 Å². The molecule has 0 aliphatic heterocycles. The van der Waals surface area contributed by atoms with Gasteiger partial charge in [0.15, 0.2) is 0 Å². The number of carbonyl (C=O) groups is 1. The first kappa shape index (κ1) is 13.7. The molecule has 2 N–H and O–H groups in total. The monoisotopic (exact) mass is 281 g/mol. The van der Waals surface area contributed by atoms with E-state index in [0.717, 1.165) is 16.7 Å². The van der Waals surface area contributed by atoms with Gasteiger partial charge in [-0.2, -0.15) is 0 Å². The third kappa shape index (κ3) is 2.66. The molecular weight excluding hydrogens is 266 g/mol. The van der Waals surface area contributed by atoms with Gasteiger partial charge in [-0.05, 0) is 19.4 Å². The zero-order valence-corrected chi connectivity index (χ0v) is 11.7. The number of methoxy groups -OCH3 is 1. The number of hydrogen-bond donors (Lipinski definition) is 2. The van der Waals surface area contributed by atoms with Crippen LogP contribution < -0.4 is 5.32 Å². The van der Waals surface area contributed by atoms with E-state index in [2.05, 4.69) is 15.3 Å². The second-order valence-corrected chi connectivity index (χ2v) is 5.19. The summed E-state index contributed by atoms with van der Waals surface area (Å²) in [6, 6.07) is 0. The van der Waals surface area contributed by atoms with E-state index in [9.17, 15) is 4.79 Å². The highest BCUT2D eigenvalue weighted by Gasteiger charge is 2.18. The van der Waals surface area contributed by atoms with E-state index in [-0.39, 0.29) is 6.10 Å². The molecule has 2 aromatic heterocycles. The average Bonchev–Trinajstić information content (AvgIpc) is 2.74. The molecule has 0 aliphatic rings. The quantitative estimate of drug-likeness (QED) is 0.873. The van der Waals surface area contributed by atoms with Crippen LogP contribution >= 0.6 is 11.3 Å². The number of fused-ring (bicyclic) bond motifs is 1. The predicted octanol–water partition coefficient (Wildman–Crippen LogP) is 2.14. The van der Waals surface area contributed by atoms with Gasteiger partial charge in [0.1, 0.15) is 21.9 Å². The van der Waals surface area contributed by atoms with Gasteiger partial charge >= 0.3 is 5.97 Å². The minimum absolute atomic E-state index is 0.0444. The molecule has 2 heterocycles. The summed E-state index contributed by atoms with van der Waals surface area (Å²) >= 11 is 1.16. The van der Waals surface area contributed by atoms with Crippen LogP contribution in [-0.4, -0.2) is 40.8 Å². The number of nitrogens with one attached hydrogen (secondary N) is 1. The number of aromatic nitrogens is 2. The fourth-order valence-electron chi connectivity index (χ4n) is 1.73. The van der Waals surface area contributed by atoms with Gasteiger partial charge in [0.25, 0.3) is 0 Å². The molecule has 6 nitrogen and oxygen atoms in total. The standard InChI is InChI=1S/C12H15N3O3S/c1-6(18-3)4-13-10-8-7(2)9(12(16)17)19-11(8)15-5-14-10/h5-6H,4H2,1-3H3,(H,16,17)(H,13,14,15). The summed E-state index contributed by atoms with van der Waals surface area (Å²) in [4.78, 5) is 20.4. The van der Waals surface area contributed by atoms with Gasteiger partial charge in [-0.1, -0.05) is 0 Å². The number of aryl methyl sites for hydroxylation is 1. The molecule has 19 heavy (non-hydrogen) atoms. The molecule has 0 saturated carbocycles. The predicted molar refractivity (Wildman–Crippen MR) is 74.1 cm³/mol. The van der Waals surface area contributed by atoms with Crippen molar-refractivity contribution in [1.82, 2.24) is 9.97 Å². The zero-order valence-electron chi connectivity index (χ0n) is 10.9. The van der Waals surface area contributed by atoms with Gasteiger partial charge in [-0.15, -0.1) is 11.3 Å². The van der Waals surface area contributed by atoms with Gasteiger partial charge in [0.2, 0.25) is 0 Å². The highest BCUT2D eigenvalue weighted by Crippen LogP contribution is 2.33. The molecule has 1 unspecified atom stereocenters. The lowest BCUT2D eigenvalue weighted by atomic mass is 10.2. The summed E-state index contributed by atoms with van der Waals surface area (Å²) < 4.78 is 5.16. The molecule has 0 bridgehead atoms. The molecule has 2 aromatic rings. The fraction of sp³-hybridized carbons (Fsp3) is 0.417. The van der Waals surface area contributed by atoms with Crippen LogP contribution in [0.3, 0.4) is 0 Å². The Morgan fingerprint density at radius 1 is 1.58 bits per heavy atom. The summed E-state index contributed by atoms with van der Waals surface area (Å²) in [6.45, 7) is 4.31. The molecule has 0 spiro atoms. The smallest absolute Gasteiger partial charge is 0.346 e. The number of carboxylic acid groups (broad SMARTS) is 1. The zero-order chi connectivity index (χ0) is 14.0. The maximum absolute atomic E-state index is 11.1. The molecule has 2 rings (SSSR count). The van der Waals surface area contributed by atoms with Crippen molar-refractivity contribution in [3.8, 4) is 0 Å². The Morgan fingerprint density at radius 2 is 2.32 bits per heavy atom. The average molecular weight is 281 g/mol. The molecule has 7 heteroatoms. The SMILES string of the molecule is COC(C)CNc1ncnc2sc(C(=O)O)c(C)c12. The molecule has 102 valence electrons. The van der Waals surface area contributed by atoms with Gasteiger partial charge < -0.3 is 15.2 Å². The number of ether oxygens (including phenoxy) is 1. The van der Waals surface area contributed by atoms with Crippen LogP contribution in [0.25, 0.3) is 10.2 Å². The highest BCUT2D eigenvalue weighted by molar-refractivity contribution is 7.20. The number of carboxylic acids is 1. The van der Waals surface area contributed by atoms with E-state index in [1.54, 1.807) is 14.0 Å². The number of thiophene rings is 1. The van der Waals surface area contributed by atoms with E-state index < -0.39 is 5.97 Å². The van der Waals surface area contributed by atoms with Crippen LogP contribution in [0.15, 0.2) is 6.33 Å². The molecule has 0 amide bonds. The minimum Gasteiger partial charge on any atom is -0.477 e. The maximum atomic E-state index is 11.1. The Labute approximate surface area is 114 Å². The first-order valence-corrected chi connectivity index (χ1v) is 6.60. The third-order valence-electron chi connectivity index (χ3n) is 2.88. The van der Waals surface area contributed by atoms with Gasteiger partial charge in [0, 0.05) is 13.7 Å². The van der Waals surface area contributed by atoms with Gasteiger partial charge in [0.05, 0.1) is 11.5 Å². The minimum atomic E-state index is -0.934. The van der Waals surface area contributed by atoms with Crippen molar-refractivity contribution in [3.05, 3.63) is 16.8 Å². The first-order valence-electron chi connectivity index (χ1n) is 5.78. The lowest BCUT2D eigenvalue weighted by Gasteiger charge is -2.11. The van der Waals surface area contributed by atoms with Crippen LogP contribution in [-0.2, 0) is 4.74 Å². The van der Waals surface area contributed by atoms with Crippen molar-refractivity contribution in [2.75, 3.05) is 19.0 Å². The third-order valence-corrected chi connectivity index (χ3v) is 4.07. The molecule has 0 aliphatic carbocycles. The van der Waals surface area contributed by atoms with E-state index in [0.29, 0.717) is 27.6 Å². The Morgan fingerprint density at radius 3 is 2.95 bits per heavy atom. The second kappa shape index (κ2) is 5.50. The lowest BCUT2D eigenvalue weighted by Crippen LogP contribution is -2.18. The highest BCUT2D eigenvalue weighted by atomic mass is 32.1. The summed E-state index contributed by atoms with van der Waals surface area (Å²) in [5.41, 5.74) is 0.695. The van der Waals surface area contributed by atoms with Crippen molar-refractivity contribution >= 4 is 33.3 Å². The molecule has 0 saturated heterocycles. The molecule has 0 fully saturated rings. The topological polar surface area (TPSA) is 84.3 Å². The number of rotatable bonds is 5. The summed E-state index contributed by atoms with van der Waals surface area (Å²) in [7, 11) is 1.64. The van der Waals surface area contributed by atoms with E-state index >= 15 is 0 Å². The van der Waals surface area contributed by atoms with E-state index in [1.165, 1.54) is 6.33 Å². The number of anilines is 1. The van der Waals surface area contributed by atoms with Crippen LogP contribution in [0.5, 0.6) is 0 Å². The van der Waals surface area contributed by atoms with Crippen LogP contribution in [0.1, 0.15) is 22.2 Å². The van der Waals surface area contributed by atoms with E-state index in [1.807, 2.05) is 6.92 Å². The molecule has 0 aromatic carbocycles. The van der Waals surface area contributed by atoms with Gasteiger partial charge in [-0.25, -0.2) is 14.8 Å². The normalized spacial score (nSPS) is 12.6. The molecule has 0 radical (unpaired) electrons. The summed E-state index contributed by atoms with van der Waals surface area (Å²) in [5, 5.41) is 13.1. The largest absolute Gasteiger partial charge is 0.477 e. The maximum Gasteiger partial charge on any atom is 0.346 e. The Kier molecular flexibility index (Phi) is 3.96. The first-order chi connectivity index (χ1) is 9.04. The van der Waals surface area contributed by atoms with Crippen molar-refractivity contribution in [2.45, 2.75) is 20.0 Å². The lowest BCUT2D eigenvalue weighted by molar-refractivity contribution is 0.0701. The van der Waals surface area contributed by atoms with Gasteiger partial charge in [-0.3, -0.25) is 0 Å².